The van der Waals surface area contributed by atoms with E-state index in [9.17, 15) is 26.9 Å². The highest BCUT2D eigenvalue weighted by Crippen LogP contribution is 2.33. The van der Waals surface area contributed by atoms with Gasteiger partial charge >= 0.3 is 6.18 Å². The number of H-pyrrole nitrogens is 1. The summed E-state index contributed by atoms with van der Waals surface area (Å²) in [6, 6.07) is 6.02. The minimum absolute atomic E-state index is 0.0310. The molecule has 3 N–H and O–H groups in total. The molecule has 13 heteroatoms. The first-order valence-corrected chi connectivity index (χ1v) is 11.9. The summed E-state index contributed by atoms with van der Waals surface area (Å²) in [6.45, 7) is 1.78. The van der Waals surface area contributed by atoms with Crippen molar-refractivity contribution in [1.29, 1.82) is 0 Å². The molecule has 0 aliphatic rings. The molecule has 0 radical (unpaired) electrons. The van der Waals surface area contributed by atoms with E-state index in [4.69, 9.17) is 0 Å². The lowest BCUT2D eigenvalue weighted by Crippen LogP contribution is -2.18. The molecule has 36 heavy (non-hydrogen) atoms. The van der Waals surface area contributed by atoms with Gasteiger partial charge in [0.15, 0.2) is 5.82 Å². The van der Waals surface area contributed by atoms with Crippen molar-refractivity contribution in [3.8, 4) is 0 Å². The third-order valence-electron chi connectivity index (χ3n) is 5.12. The lowest BCUT2D eigenvalue weighted by Gasteiger charge is -2.14. The number of nitrogens with zero attached hydrogens (tertiary/aromatic N) is 2. The van der Waals surface area contributed by atoms with Gasteiger partial charge in [-0.25, -0.2) is 23.5 Å². The molecule has 4 rings (SSSR count). The van der Waals surface area contributed by atoms with Crippen LogP contribution < -0.4 is 10.0 Å². The Labute approximate surface area is 204 Å². The molecule has 7 nitrogen and oxygen atoms in total. The van der Waals surface area contributed by atoms with Gasteiger partial charge in [-0.05, 0) is 42.8 Å². The van der Waals surface area contributed by atoms with Crippen LogP contribution in [0.2, 0.25) is 0 Å². The van der Waals surface area contributed by atoms with Crippen molar-refractivity contribution in [2.75, 3.05) is 15.8 Å². The predicted molar refractivity (Wildman–Crippen MR) is 125 cm³/mol. The van der Waals surface area contributed by atoms with Gasteiger partial charge in [-0.3, -0.25) is 4.79 Å². The van der Waals surface area contributed by atoms with Crippen molar-refractivity contribution < 1.29 is 31.3 Å². The van der Waals surface area contributed by atoms with E-state index in [2.05, 4.69) is 25.0 Å². The van der Waals surface area contributed by atoms with E-state index in [1.54, 1.807) is 6.92 Å². The van der Waals surface area contributed by atoms with Crippen molar-refractivity contribution in [3.05, 3.63) is 77.2 Å². The van der Waals surface area contributed by atoms with Gasteiger partial charge in [-0.15, -0.1) is 0 Å². The molecular weight excluding hydrogens is 505 g/mol. The van der Waals surface area contributed by atoms with Crippen LogP contribution in [-0.2, 0) is 17.5 Å². The van der Waals surface area contributed by atoms with E-state index < -0.39 is 46.1 Å². The molecule has 0 spiro atoms. The number of anilines is 3. The molecule has 0 saturated carbocycles. The second kappa shape index (κ2) is 10.1. The standard InChI is InChI=1S/C23H18F5N5O2S/c1-2-9-36(35)33-16-8-7-15(24)18(19(16)25)20(34)14-10-29-21-17(14)22(31-11-30-21)32-13-5-3-12(4-6-13)23(26,27)28/h3-8,10-11,33H,2,9H2,1H3,(H2,29,30,31,32). The number of hydrogen-bond acceptors (Lipinski definition) is 6. The molecule has 0 aliphatic heterocycles. The molecule has 2 aromatic heterocycles. The number of benzene rings is 2. The second-order valence-corrected chi connectivity index (χ2v) is 8.92. The highest BCUT2D eigenvalue weighted by molar-refractivity contribution is 7.92. The molecule has 0 fully saturated rings. The number of halogens is 5. The number of fused-ring (bicyclic) bond motifs is 1. The van der Waals surface area contributed by atoms with Crippen molar-refractivity contribution >= 4 is 45.4 Å². The van der Waals surface area contributed by atoms with Gasteiger partial charge in [0.1, 0.15) is 35.0 Å². The summed E-state index contributed by atoms with van der Waals surface area (Å²) in [5.74, 6) is -3.13. The van der Waals surface area contributed by atoms with Crippen molar-refractivity contribution in [2.24, 2.45) is 0 Å². The van der Waals surface area contributed by atoms with E-state index >= 15 is 4.39 Å². The smallest absolute Gasteiger partial charge is 0.416 e. The highest BCUT2D eigenvalue weighted by atomic mass is 32.2. The van der Waals surface area contributed by atoms with Gasteiger partial charge < -0.3 is 14.9 Å². The fraction of sp³-hybridized carbons (Fsp3) is 0.174. The van der Waals surface area contributed by atoms with Crippen LogP contribution in [0.25, 0.3) is 11.0 Å². The Morgan fingerprint density at radius 2 is 1.83 bits per heavy atom. The molecule has 4 aromatic rings. The van der Waals surface area contributed by atoms with E-state index in [0.29, 0.717) is 6.42 Å². The zero-order valence-corrected chi connectivity index (χ0v) is 19.4. The van der Waals surface area contributed by atoms with Crippen LogP contribution in [0, 0.1) is 11.6 Å². The molecule has 1 atom stereocenters. The molecular formula is C23H18F5N5O2S. The van der Waals surface area contributed by atoms with E-state index in [-0.39, 0.29) is 39.5 Å². The fourth-order valence-corrected chi connectivity index (χ4v) is 4.32. The van der Waals surface area contributed by atoms with Crippen LogP contribution in [0.1, 0.15) is 34.8 Å². The first-order chi connectivity index (χ1) is 17.1. The largest absolute Gasteiger partial charge is 0.593 e. The summed E-state index contributed by atoms with van der Waals surface area (Å²) < 4.78 is 82.8. The van der Waals surface area contributed by atoms with Gasteiger partial charge in [-0.2, -0.15) is 13.2 Å². The second-order valence-electron chi connectivity index (χ2n) is 7.61. The first-order valence-electron chi connectivity index (χ1n) is 10.5. The Balaban J connectivity index is 1.72. The van der Waals surface area contributed by atoms with Crippen molar-refractivity contribution in [1.82, 2.24) is 15.0 Å². The quantitative estimate of drug-likeness (QED) is 0.155. The zero-order chi connectivity index (χ0) is 26.0. The van der Waals surface area contributed by atoms with Crippen LogP contribution >= 0.6 is 0 Å². The molecule has 1 unspecified atom stereocenters. The number of rotatable bonds is 8. The SMILES string of the molecule is CCC[S+]([O-])Nc1ccc(F)c(C(=O)c2c[nH]c3ncnc(Nc4ccc(C(F)(F)F)cc4)c23)c1F. The molecule has 2 heterocycles. The lowest BCUT2D eigenvalue weighted by atomic mass is 10.0. The fourth-order valence-electron chi connectivity index (χ4n) is 3.45. The number of alkyl halides is 3. The summed E-state index contributed by atoms with van der Waals surface area (Å²) in [4.78, 5) is 24.1. The predicted octanol–water partition coefficient (Wildman–Crippen LogP) is 5.72. The van der Waals surface area contributed by atoms with Crippen LogP contribution in [0.3, 0.4) is 0 Å². The Kier molecular flexibility index (Phi) is 7.13. The van der Waals surface area contributed by atoms with Crippen LogP contribution in [0.15, 0.2) is 48.9 Å². The maximum atomic E-state index is 15.2. The topological polar surface area (TPSA) is 106 Å². The number of hydrogen-bond donors (Lipinski definition) is 3. The van der Waals surface area contributed by atoms with Crippen molar-refractivity contribution in [2.45, 2.75) is 19.5 Å². The third-order valence-corrected chi connectivity index (χ3v) is 6.35. The summed E-state index contributed by atoms with van der Waals surface area (Å²) in [5.41, 5.74) is -1.82. The summed E-state index contributed by atoms with van der Waals surface area (Å²) >= 11 is -1.63. The van der Waals surface area contributed by atoms with E-state index in [0.717, 1.165) is 30.6 Å². The van der Waals surface area contributed by atoms with Gasteiger partial charge in [0, 0.05) is 11.9 Å². The van der Waals surface area contributed by atoms with Crippen LogP contribution in [0.4, 0.5) is 39.1 Å². The first kappa shape index (κ1) is 25.4. The molecule has 0 aliphatic carbocycles. The summed E-state index contributed by atoms with van der Waals surface area (Å²) in [7, 11) is 0. The van der Waals surface area contributed by atoms with Gasteiger partial charge in [0.05, 0.1) is 33.4 Å². The van der Waals surface area contributed by atoms with E-state index in [1.807, 2.05) is 0 Å². The normalized spacial score (nSPS) is 12.5. The average molecular weight is 523 g/mol. The number of aromatic nitrogens is 3. The summed E-state index contributed by atoms with van der Waals surface area (Å²) in [5, 5.41) is 2.89. The molecule has 0 bridgehead atoms. The highest BCUT2D eigenvalue weighted by Gasteiger charge is 2.30. The molecule has 2 aromatic carbocycles. The number of carbonyl (C=O) groups excluding carboxylic acids is 1. The molecule has 0 amide bonds. The van der Waals surface area contributed by atoms with Gasteiger partial charge in [-0.1, -0.05) is 6.92 Å². The van der Waals surface area contributed by atoms with Gasteiger partial charge in [0.2, 0.25) is 5.78 Å². The molecule has 0 saturated heterocycles. The number of carbonyl (C=O) groups is 1. The third kappa shape index (κ3) is 5.11. The Bertz CT molecular complexity index is 1410. The van der Waals surface area contributed by atoms with Crippen LogP contribution in [-0.4, -0.2) is 31.0 Å². The number of nitrogens with one attached hydrogen (secondary N) is 3. The maximum Gasteiger partial charge on any atom is 0.416 e. The van der Waals surface area contributed by atoms with Gasteiger partial charge in [0.25, 0.3) is 0 Å². The van der Waals surface area contributed by atoms with Crippen molar-refractivity contribution in [3.63, 3.8) is 0 Å². The summed E-state index contributed by atoms with van der Waals surface area (Å²) in [6.07, 6.45) is -1.61. The minimum atomic E-state index is -4.51. The zero-order valence-electron chi connectivity index (χ0n) is 18.5. The number of aromatic amines is 1. The Morgan fingerprint density at radius 3 is 2.50 bits per heavy atom. The number of ketones is 1. The van der Waals surface area contributed by atoms with E-state index in [1.165, 1.54) is 18.3 Å². The maximum absolute atomic E-state index is 15.2. The Morgan fingerprint density at radius 1 is 1.11 bits per heavy atom. The van der Waals surface area contributed by atoms with Crippen LogP contribution in [0.5, 0.6) is 0 Å². The Hall–Kier alpha value is -3.71. The monoisotopic (exact) mass is 523 g/mol. The minimum Gasteiger partial charge on any atom is -0.593 e. The lowest BCUT2D eigenvalue weighted by molar-refractivity contribution is -0.137. The average Bonchev–Trinajstić information content (AvgIpc) is 3.26. The molecule has 188 valence electrons.